The van der Waals surface area contributed by atoms with Gasteiger partial charge in [0.2, 0.25) is 11.8 Å². The maximum absolute atomic E-state index is 13.5. The van der Waals surface area contributed by atoms with Crippen LogP contribution >= 0.6 is 12.4 Å². The second-order valence-electron chi connectivity index (χ2n) is 5.99. The molecule has 1 heterocycles. The molecule has 1 fully saturated rings. The van der Waals surface area contributed by atoms with E-state index in [0.717, 1.165) is 5.56 Å². The van der Waals surface area contributed by atoms with E-state index in [-0.39, 0.29) is 36.0 Å². The van der Waals surface area contributed by atoms with Crippen molar-refractivity contribution in [2.75, 3.05) is 26.7 Å². The monoisotopic (exact) mass is 357 g/mol. The molecule has 0 radical (unpaired) electrons. The minimum Gasteiger partial charge on any atom is -0.352 e. The number of nitrogens with one attached hydrogen (secondary N) is 2. The van der Waals surface area contributed by atoms with Crippen molar-refractivity contribution in [1.29, 1.82) is 0 Å². The van der Waals surface area contributed by atoms with Gasteiger partial charge in [0.05, 0.1) is 6.54 Å². The lowest BCUT2D eigenvalue weighted by Crippen LogP contribution is -2.45. The summed E-state index contributed by atoms with van der Waals surface area (Å²) in [5, 5.41) is 5.71. The maximum Gasteiger partial charge on any atom is 0.236 e. The number of amides is 2. The number of carbonyl (C=O) groups is 2. The Morgan fingerprint density at radius 2 is 1.96 bits per heavy atom. The molecule has 0 aliphatic carbocycles. The molecule has 0 unspecified atom stereocenters. The molecule has 1 aliphatic rings. The molecule has 2 amide bonds. The molecule has 5 nitrogen and oxygen atoms in total. The fourth-order valence-corrected chi connectivity index (χ4v) is 2.73. The third-order valence-corrected chi connectivity index (χ3v) is 4.25. The van der Waals surface area contributed by atoms with Gasteiger partial charge in [0.1, 0.15) is 5.82 Å². The smallest absolute Gasteiger partial charge is 0.236 e. The zero-order chi connectivity index (χ0) is 16.8. The molecule has 0 saturated carbocycles. The minimum atomic E-state index is -0.256. The van der Waals surface area contributed by atoms with Crippen LogP contribution in [-0.2, 0) is 16.1 Å². The highest BCUT2D eigenvalue weighted by Crippen LogP contribution is 2.18. The van der Waals surface area contributed by atoms with Crippen LogP contribution in [0.2, 0.25) is 0 Å². The Hall–Kier alpha value is -1.66. The summed E-state index contributed by atoms with van der Waals surface area (Å²) < 4.78 is 13.5. The average molecular weight is 358 g/mol. The van der Waals surface area contributed by atoms with E-state index >= 15 is 0 Å². The van der Waals surface area contributed by atoms with Crippen LogP contribution in [0, 0.1) is 18.7 Å². The molecule has 1 saturated heterocycles. The maximum atomic E-state index is 13.5. The van der Waals surface area contributed by atoms with E-state index in [9.17, 15) is 14.0 Å². The summed E-state index contributed by atoms with van der Waals surface area (Å²) in [6.45, 7) is 3.58. The number of hydrogen-bond donors (Lipinski definition) is 2. The number of benzene rings is 1. The molecule has 1 aliphatic heterocycles. The summed E-state index contributed by atoms with van der Waals surface area (Å²) in [5.41, 5.74) is 1.35. The van der Waals surface area contributed by atoms with Crippen molar-refractivity contribution in [3.05, 3.63) is 35.1 Å². The summed E-state index contributed by atoms with van der Waals surface area (Å²) in [6, 6.07) is 4.98. The third-order valence-electron chi connectivity index (χ3n) is 4.25. The quantitative estimate of drug-likeness (QED) is 0.842. The van der Waals surface area contributed by atoms with E-state index < -0.39 is 0 Å². The van der Waals surface area contributed by atoms with Crippen LogP contribution in [0.5, 0.6) is 0 Å². The van der Waals surface area contributed by atoms with Gasteiger partial charge in [-0.3, -0.25) is 9.59 Å². The van der Waals surface area contributed by atoms with Gasteiger partial charge in [-0.05, 0) is 44.0 Å². The highest BCUT2D eigenvalue weighted by Gasteiger charge is 2.26. The Kier molecular flexibility index (Phi) is 8.15. The normalized spacial score (nSPS) is 14.9. The fraction of sp³-hybridized carbons (Fsp3) is 0.529. The molecule has 0 aromatic heterocycles. The van der Waals surface area contributed by atoms with Crippen LogP contribution in [0.25, 0.3) is 0 Å². The number of likely N-dealkylation sites (tertiary alicyclic amines) is 1. The predicted octanol–water partition coefficient (Wildman–Crippen LogP) is 1.63. The number of halogens is 2. The second-order valence-corrected chi connectivity index (χ2v) is 5.99. The fourth-order valence-electron chi connectivity index (χ4n) is 2.73. The van der Waals surface area contributed by atoms with Crippen LogP contribution in [0.4, 0.5) is 4.39 Å². The van der Waals surface area contributed by atoms with Crippen LogP contribution < -0.4 is 10.6 Å². The first-order valence-corrected chi connectivity index (χ1v) is 7.96. The Bertz CT molecular complexity index is 575. The number of piperidine rings is 1. The Labute approximate surface area is 148 Å². The first-order chi connectivity index (χ1) is 11.0. The van der Waals surface area contributed by atoms with Gasteiger partial charge in [-0.25, -0.2) is 4.39 Å². The van der Waals surface area contributed by atoms with Gasteiger partial charge in [0.25, 0.3) is 0 Å². The van der Waals surface area contributed by atoms with Crippen LogP contribution in [0.15, 0.2) is 18.2 Å². The number of hydrogen-bond acceptors (Lipinski definition) is 3. The molecule has 1 aromatic carbocycles. The third kappa shape index (κ3) is 5.46. The summed E-state index contributed by atoms with van der Waals surface area (Å²) in [5.74, 6) is -0.287. The van der Waals surface area contributed by atoms with E-state index in [2.05, 4.69) is 10.6 Å². The summed E-state index contributed by atoms with van der Waals surface area (Å²) in [6.07, 6.45) is 1.34. The van der Waals surface area contributed by atoms with Crippen LogP contribution in [0.1, 0.15) is 24.0 Å². The van der Waals surface area contributed by atoms with Gasteiger partial charge in [0, 0.05) is 25.6 Å². The van der Waals surface area contributed by atoms with Crippen molar-refractivity contribution >= 4 is 24.2 Å². The van der Waals surface area contributed by atoms with Gasteiger partial charge in [0.15, 0.2) is 0 Å². The minimum absolute atomic E-state index is 0. The molecule has 0 atom stereocenters. The molecule has 1 aromatic rings. The molecule has 0 spiro atoms. The lowest BCUT2D eigenvalue weighted by atomic mass is 9.95. The van der Waals surface area contributed by atoms with Gasteiger partial charge in [-0.1, -0.05) is 12.1 Å². The standard InChI is InChI=1S/C17H24FN3O2.ClH/c1-12-3-4-13(9-15(12)18)10-20-17(23)14-5-7-21(8-6-14)16(22)11-19-2;/h3-4,9,14,19H,5-8,10-11H2,1-2H3,(H,20,23);1H. The molecule has 0 bridgehead atoms. The Morgan fingerprint density at radius 3 is 2.54 bits per heavy atom. The van der Waals surface area contributed by atoms with E-state index in [0.29, 0.717) is 44.6 Å². The SMILES string of the molecule is CNCC(=O)N1CCC(C(=O)NCc2ccc(C)c(F)c2)CC1.Cl. The predicted molar refractivity (Wildman–Crippen MR) is 93.5 cm³/mol. The van der Waals surface area contributed by atoms with E-state index in [1.165, 1.54) is 6.07 Å². The highest BCUT2D eigenvalue weighted by molar-refractivity contribution is 5.85. The van der Waals surface area contributed by atoms with Crippen LogP contribution in [-0.4, -0.2) is 43.4 Å². The zero-order valence-electron chi connectivity index (χ0n) is 14.1. The van der Waals surface area contributed by atoms with Crippen molar-refractivity contribution in [1.82, 2.24) is 15.5 Å². The van der Waals surface area contributed by atoms with Crippen molar-refractivity contribution in [2.24, 2.45) is 5.92 Å². The number of aryl methyl sites for hydroxylation is 1. The van der Waals surface area contributed by atoms with Gasteiger partial charge in [-0.15, -0.1) is 12.4 Å². The Balaban J connectivity index is 0.00000288. The van der Waals surface area contributed by atoms with Crippen LogP contribution in [0.3, 0.4) is 0 Å². The highest BCUT2D eigenvalue weighted by atomic mass is 35.5. The lowest BCUT2D eigenvalue weighted by molar-refractivity contribution is -0.134. The average Bonchev–Trinajstić information content (AvgIpc) is 2.56. The molecule has 24 heavy (non-hydrogen) atoms. The number of carbonyl (C=O) groups excluding carboxylic acids is 2. The van der Waals surface area contributed by atoms with Gasteiger partial charge in [-0.2, -0.15) is 0 Å². The lowest BCUT2D eigenvalue weighted by Gasteiger charge is -2.31. The largest absolute Gasteiger partial charge is 0.352 e. The topological polar surface area (TPSA) is 61.4 Å². The summed E-state index contributed by atoms with van der Waals surface area (Å²) in [4.78, 5) is 25.8. The Morgan fingerprint density at radius 1 is 1.29 bits per heavy atom. The second kappa shape index (κ2) is 9.59. The van der Waals surface area contributed by atoms with E-state index in [1.54, 1.807) is 24.9 Å². The van der Waals surface area contributed by atoms with Crippen molar-refractivity contribution in [3.8, 4) is 0 Å². The number of nitrogens with zero attached hydrogens (tertiary/aromatic N) is 1. The molecule has 7 heteroatoms. The van der Waals surface area contributed by atoms with E-state index in [4.69, 9.17) is 0 Å². The number of likely N-dealkylation sites (N-methyl/N-ethyl adjacent to an activating group) is 1. The van der Waals surface area contributed by atoms with Gasteiger partial charge >= 0.3 is 0 Å². The summed E-state index contributed by atoms with van der Waals surface area (Å²) in [7, 11) is 1.74. The molecule has 2 rings (SSSR count). The van der Waals surface area contributed by atoms with Crippen molar-refractivity contribution in [3.63, 3.8) is 0 Å². The van der Waals surface area contributed by atoms with Gasteiger partial charge < -0.3 is 15.5 Å². The zero-order valence-corrected chi connectivity index (χ0v) is 14.9. The number of rotatable bonds is 5. The molecule has 2 N–H and O–H groups in total. The first-order valence-electron chi connectivity index (χ1n) is 7.96. The molecule has 134 valence electrons. The molecular weight excluding hydrogens is 333 g/mol. The van der Waals surface area contributed by atoms with Crippen molar-refractivity contribution in [2.45, 2.75) is 26.3 Å². The van der Waals surface area contributed by atoms with Crippen molar-refractivity contribution < 1.29 is 14.0 Å². The first kappa shape index (κ1) is 20.4. The van der Waals surface area contributed by atoms with E-state index in [1.807, 2.05) is 6.07 Å². The summed E-state index contributed by atoms with van der Waals surface area (Å²) >= 11 is 0. The molecular formula is C17H25ClFN3O2.